The van der Waals surface area contributed by atoms with Gasteiger partial charge in [-0.2, -0.15) is 0 Å². The summed E-state index contributed by atoms with van der Waals surface area (Å²) >= 11 is 0. The summed E-state index contributed by atoms with van der Waals surface area (Å²) in [7, 11) is 0. The molecular formula is C27H34N2O2. The Labute approximate surface area is 185 Å². The summed E-state index contributed by atoms with van der Waals surface area (Å²) in [5.74, 6) is 1.00. The molecule has 0 radical (unpaired) electrons. The number of nitrogens with zero attached hydrogens (tertiary/aromatic N) is 2. The maximum Gasteiger partial charge on any atom is 0.186 e. The van der Waals surface area contributed by atoms with Crippen molar-refractivity contribution in [2.45, 2.75) is 66.3 Å². The molecule has 4 nitrogen and oxygen atoms in total. The monoisotopic (exact) mass is 418 g/mol. The first kappa shape index (κ1) is 23.0. The van der Waals surface area contributed by atoms with Gasteiger partial charge in [0.1, 0.15) is 5.82 Å². The fraction of sp³-hybridized carbons (Fsp3) is 0.407. The van der Waals surface area contributed by atoms with Gasteiger partial charge in [-0.3, -0.25) is 4.79 Å². The lowest BCUT2D eigenvalue weighted by atomic mass is 9.95. The molecule has 0 aliphatic carbocycles. The highest BCUT2D eigenvalue weighted by Gasteiger charge is 2.19. The van der Waals surface area contributed by atoms with Crippen LogP contribution >= 0.6 is 0 Å². The van der Waals surface area contributed by atoms with Gasteiger partial charge in [0, 0.05) is 24.6 Å². The first-order valence-corrected chi connectivity index (χ1v) is 11.2. The summed E-state index contributed by atoms with van der Waals surface area (Å²) in [6.07, 6.45) is 5.09. The van der Waals surface area contributed by atoms with Crippen LogP contribution in [0.25, 0.3) is 11.0 Å². The SMILES string of the molecule is CCCC(CCO)n1c(C/C(C)=C\C(=O)c2c(C)cc(C)cc2C)nc2ccccc21. The number of allylic oxidation sites excluding steroid dienone is 2. The van der Waals surface area contributed by atoms with E-state index < -0.39 is 0 Å². The second-order valence-electron chi connectivity index (χ2n) is 8.65. The molecule has 2 aromatic carbocycles. The Bertz CT molecular complexity index is 1080. The molecule has 31 heavy (non-hydrogen) atoms. The van der Waals surface area contributed by atoms with Gasteiger partial charge in [-0.15, -0.1) is 0 Å². The summed E-state index contributed by atoms with van der Waals surface area (Å²) < 4.78 is 2.28. The molecule has 1 heterocycles. The molecule has 1 atom stereocenters. The molecule has 164 valence electrons. The van der Waals surface area contributed by atoms with Gasteiger partial charge >= 0.3 is 0 Å². The number of carbonyl (C=O) groups excluding carboxylic acids is 1. The second-order valence-corrected chi connectivity index (χ2v) is 8.65. The third-order valence-electron chi connectivity index (χ3n) is 5.86. The van der Waals surface area contributed by atoms with E-state index in [0.29, 0.717) is 12.8 Å². The van der Waals surface area contributed by atoms with Crippen LogP contribution < -0.4 is 0 Å². The molecule has 0 amide bonds. The highest BCUT2D eigenvalue weighted by Crippen LogP contribution is 2.28. The maximum absolute atomic E-state index is 13.1. The van der Waals surface area contributed by atoms with Crippen LogP contribution in [0.1, 0.15) is 72.0 Å². The van der Waals surface area contributed by atoms with E-state index in [1.54, 1.807) is 6.08 Å². The van der Waals surface area contributed by atoms with Gasteiger partial charge < -0.3 is 9.67 Å². The summed E-state index contributed by atoms with van der Waals surface area (Å²) in [6.45, 7) is 10.4. The number of aromatic nitrogens is 2. The largest absolute Gasteiger partial charge is 0.396 e. The van der Waals surface area contributed by atoms with E-state index in [4.69, 9.17) is 4.98 Å². The van der Waals surface area contributed by atoms with Crippen LogP contribution in [-0.4, -0.2) is 27.0 Å². The van der Waals surface area contributed by atoms with Gasteiger partial charge in [0.15, 0.2) is 5.78 Å². The van der Waals surface area contributed by atoms with Crippen molar-refractivity contribution >= 4 is 16.8 Å². The number of rotatable bonds is 9. The Morgan fingerprint density at radius 3 is 2.45 bits per heavy atom. The Morgan fingerprint density at radius 2 is 1.81 bits per heavy atom. The van der Waals surface area contributed by atoms with Crippen LogP contribution in [-0.2, 0) is 6.42 Å². The molecule has 3 rings (SSSR count). The number of hydrogen-bond acceptors (Lipinski definition) is 3. The van der Waals surface area contributed by atoms with Crippen LogP contribution in [0.2, 0.25) is 0 Å². The molecular weight excluding hydrogens is 384 g/mol. The standard InChI is InChI=1S/C27H34N2O2/c1-6-9-22(12-13-30)29-24-11-8-7-10-23(24)28-26(29)17-19(3)16-25(31)27-20(4)14-18(2)15-21(27)5/h7-8,10-11,14-16,22,30H,6,9,12-13,17H2,1-5H3/b19-16-. The molecule has 3 aromatic rings. The Hall–Kier alpha value is -2.72. The Kier molecular flexibility index (Phi) is 7.45. The number of imidazole rings is 1. The number of aliphatic hydroxyl groups is 1. The topological polar surface area (TPSA) is 55.1 Å². The van der Waals surface area contributed by atoms with E-state index in [2.05, 4.69) is 36.6 Å². The molecule has 0 aliphatic rings. The van der Waals surface area contributed by atoms with Crippen molar-refractivity contribution in [2.75, 3.05) is 6.61 Å². The van der Waals surface area contributed by atoms with Gasteiger partial charge in [0.2, 0.25) is 0 Å². The fourth-order valence-corrected chi connectivity index (χ4v) is 4.68. The predicted molar refractivity (Wildman–Crippen MR) is 128 cm³/mol. The molecule has 1 N–H and O–H groups in total. The lowest BCUT2D eigenvalue weighted by Crippen LogP contribution is -2.14. The highest BCUT2D eigenvalue weighted by atomic mass is 16.3. The molecule has 0 fully saturated rings. The lowest BCUT2D eigenvalue weighted by Gasteiger charge is -2.21. The molecule has 1 unspecified atom stereocenters. The summed E-state index contributed by atoms with van der Waals surface area (Å²) in [5, 5.41) is 9.63. The van der Waals surface area contributed by atoms with Crippen LogP contribution in [0.15, 0.2) is 48.0 Å². The molecule has 0 bridgehead atoms. The van der Waals surface area contributed by atoms with Crippen molar-refractivity contribution in [1.82, 2.24) is 9.55 Å². The van der Waals surface area contributed by atoms with Gasteiger partial charge in [0.05, 0.1) is 11.0 Å². The highest BCUT2D eigenvalue weighted by molar-refractivity contribution is 6.07. The Balaban J connectivity index is 1.97. The van der Waals surface area contributed by atoms with Gasteiger partial charge in [0.25, 0.3) is 0 Å². The quantitative estimate of drug-likeness (QED) is 0.340. The minimum atomic E-state index is 0.0515. The molecule has 0 spiro atoms. The van der Waals surface area contributed by atoms with Crippen molar-refractivity contribution in [3.63, 3.8) is 0 Å². The maximum atomic E-state index is 13.1. The van der Waals surface area contributed by atoms with E-state index in [-0.39, 0.29) is 18.4 Å². The first-order valence-electron chi connectivity index (χ1n) is 11.2. The van der Waals surface area contributed by atoms with Gasteiger partial charge in [-0.25, -0.2) is 4.98 Å². The zero-order valence-corrected chi connectivity index (χ0v) is 19.4. The average molecular weight is 419 g/mol. The minimum absolute atomic E-state index is 0.0515. The van der Waals surface area contributed by atoms with Crippen molar-refractivity contribution in [2.24, 2.45) is 0 Å². The smallest absolute Gasteiger partial charge is 0.186 e. The van der Waals surface area contributed by atoms with E-state index >= 15 is 0 Å². The predicted octanol–water partition coefficient (Wildman–Crippen LogP) is 6.06. The number of hydrogen-bond donors (Lipinski definition) is 1. The number of ketones is 1. The van der Waals surface area contributed by atoms with E-state index in [9.17, 15) is 9.90 Å². The van der Waals surface area contributed by atoms with Crippen molar-refractivity contribution in [3.8, 4) is 0 Å². The van der Waals surface area contributed by atoms with Crippen LogP contribution in [0, 0.1) is 20.8 Å². The third kappa shape index (κ3) is 5.13. The molecule has 0 aliphatic heterocycles. The zero-order valence-electron chi connectivity index (χ0n) is 19.4. The average Bonchev–Trinajstić information content (AvgIpc) is 3.04. The van der Waals surface area contributed by atoms with E-state index in [1.807, 2.05) is 39.0 Å². The molecule has 0 saturated carbocycles. The van der Waals surface area contributed by atoms with Crippen molar-refractivity contribution in [1.29, 1.82) is 0 Å². The number of fused-ring (bicyclic) bond motifs is 1. The van der Waals surface area contributed by atoms with Crippen LogP contribution in [0.4, 0.5) is 0 Å². The minimum Gasteiger partial charge on any atom is -0.396 e. The van der Waals surface area contributed by atoms with E-state index in [0.717, 1.165) is 52.0 Å². The summed E-state index contributed by atoms with van der Waals surface area (Å²) in [6, 6.07) is 12.5. The lowest BCUT2D eigenvalue weighted by molar-refractivity contribution is 0.104. The van der Waals surface area contributed by atoms with Crippen LogP contribution in [0.3, 0.4) is 0 Å². The van der Waals surface area contributed by atoms with Gasteiger partial charge in [-0.1, -0.05) is 48.7 Å². The second kappa shape index (κ2) is 10.1. The zero-order chi connectivity index (χ0) is 22.5. The molecule has 4 heteroatoms. The third-order valence-corrected chi connectivity index (χ3v) is 5.86. The summed E-state index contributed by atoms with van der Waals surface area (Å²) in [4.78, 5) is 18.0. The first-order chi connectivity index (χ1) is 14.8. The Morgan fingerprint density at radius 1 is 1.13 bits per heavy atom. The fourth-order valence-electron chi connectivity index (χ4n) is 4.68. The van der Waals surface area contributed by atoms with Crippen molar-refractivity contribution < 1.29 is 9.90 Å². The number of carbonyl (C=O) groups is 1. The van der Waals surface area contributed by atoms with Crippen LogP contribution in [0.5, 0.6) is 0 Å². The normalized spacial score (nSPS) is 13.0. The number of para-hydroxylation sites is 2. The molecule has 0 saturated heterocycles. The van der Waals surface area contributed by atoms with Gasteiger partial charge in [-0.05, 0) is 69.9 Å². The number of aryl methyl sites for hydroxylation is 3. The van der Waals surface area contributed by atoms with E-state index in [1.165, 1.54) is 5.56 Å². The summed E-state index contributed by atoms with van der Waals surface area (Å²) in [5.41, 5.74) is 7.04. The molecule has 1 aromatic heterocycles. The number of aliphatic hydroxyl groups excluding tert-OH is 1. The van der Waals surface area contributed by atoms with Crippen molar-refractivity contribution in [3.05, 3.63) is 76.1 Å². The number of benzene rings is 2.